The topological polar surface area (TPSA) is 61.8 Å². The van der Waals surface area contributed by atoms with Crippen molar-refractivity contribution in [3.05, 3.63) is 64.8 Å². The Labute approximate surface area is 199 Å². The number of nitrogens with one attached hydrogen (secondary N) is 2. The number of nitrogens with zero attached hydrogens (tertiary/aromatic N) is 3. The van der Waals surface area contributed by atoms with E-state index in [1.807, 2.05) is 13.0 Å². The fourth-order valence-electron chi connectivity index (χ4n) is 4.41. The number of aromatic nitrogens is 1. The minimum absolute atomic E-state index is 0.409. The van der Waals surface area contributed by atoms with Crippen LogP contribution in [0.2, 0.25) is 0 Å². The molecule has 0 unspecified atom stereocenters. The average Bonchev–Trinajstić information content (AvgIpc) is 3.19. The van der Waals surface area contributed by atoms with E-state index in [-0.39, 0.29) is 0 Å². The lowest BCUT2D eigenvalue weighted by Gasteiger charge is -2.35. The monoisotopic (exact) mass is 461 g/mol. The first-order valence-corrected chi connectivity index (χ1v) is 12.7. The molecule has 0 saturated carbocycles. The third-order valence-corrected chi connectivity index (χ3v) is 7.25. The van der Waals surface area contributed by atoms with Crippen LogP contribution in [-0.4, -0.2) is 48.0 Å². The Bertz CT molecular complexity index is 1120. The second kappa shape index (κ2) is 9.93. The van der Waals surface area contributed by atoms with Crippen LogP contribution in [0, 0.1) is 0 Å². The van der Waals surface area contributed by atoms with E-state index in [9.17, 15) is 0 Å². The van der Waals surface area contributed by atoms with E-state index in [0.717, 1.165) is 77.6 Å². The summed E-state index contributed by atoms with van der Waals surface area (Å²) in [6, 6.07) is 17.2. The molecular weight excluding hydrogens is 430 g/mol. The van der Waals surface area contributed by atoms with E-state index in [1.165, 1.54) is 5.56 Å². The Kier molecular flexibility index (Phi) is 6.60. The molecule has 3 heterocycles. The highest BCUT2D eigenvalue weighted by Gasteiger charge is 2.28. The first-order valence-electron chi connectivity index (χ1n) is 11.9. The molecule has 0 amide bonds. The van der Waals surface area contributed by atoms with Crippen molar-refractivity contribution in [3.8, 4) is 5.75 Å². The molecule has 2 N–H and O–H groups in total. The first kappa shape index (κ1) is 21.9. The summed E-state index contributed by atoms with van der Waals surface area (Å²) in [6.45, 7) is 7.67. The smallest absolute Gasteiger partial charge is 0.158 e. The summed E-state index contributed by atoms with van der Waals surface area (Å²) in [4.78, 5) is 12.5. The molecule has 1 saturated heterocycles. The van der Waals surface area contributed by atoms with Gasteiger partial charge in [-0.05, 0) is 56.0 Å². The zero-order valence-corrected chi connectivity index (χ0v) is 20.1. The van der Waals surface area contributed by atoms with Gasteiger partial charge in [-0.25, -0.2) is 9.98 Å². The number of aryl methyl sites for hydroxylation is 2. The van der Waals surface area contributed by atoms with Crippen molar-refractivity contribution >= 4 is 33.5 Å². The second-order valence-corrected chi connectivity index (χ2v) is 9.51. The number of hydrogen-bond donors (Lipinski definition) is 2. The van der Waals surface area contributed by atoms with Crippen molar-refractivity contribution < 1.29 is 4.74 Å². The number of rotatable bonds is 6. The molecule has 0 spiro atoms. The van der Waals surface area contributed by atoms with E-state index in [4.69, 9.17) is 14.7 Å². The standard InChI is InChI=1S/C26H31N5OS/c1-3-23-30-24-25(28-21-7-5-6-8-22(21)29-26(24)33-23)31-16-15-27-19(17-31)12-9-18-10-13-20(14-11-18)32-4-2/h5-8,10-11,13-14,19,27,29H,3-4,9,12,15-17H2,1-2H3/t19-/m0/s1. The van der Waals surface area contributed by atoms with E-state index >= 15 is 0 Å². The summed E-state index contributed by atoms with van der Waals surface area (Å²) in [5.74, 6) is 1.93. The molecule has 0 aliphatic carbocycles. The highest BCUT2D eigenvalue weighted by Crippen LogP contribution is 2.38. The number of piperazine rings is 1. The molecule has 33 heavy (non-hydrogen) atoms. The lowest BCUT2D eigenvalue weighted by molar-refractivity contribution is 0.282. The van der Waals surface area contributed by atoms with Crippen LogP contribution in [0.15, 0.2) is 53.5 Å². The van der Waals surface area contributed by atoms with Crippen molar-refractivity contribution in [1.29, 1.82) is 0 Å². The molecule has 7 heteroatoms. The largest absolute Gasteiger partial charge is 0.494 e. The van der Waals surface area contributed by atoms with E-state index in [0.29, 0.717) is 12.6 Å². The van der Waals surface area contributed by atoms with Crippen molar-refractivity contribution in [2.24, 2.45) is 4.99 Å². The van der Waals surface area contributed by atoms with Crippen molar-refractivity contribution in [3.63, 3.8) is 0 Å². The van der Waals surface area contributed by atoms with Crippen molar-refractivity contribution in [2.75, 3.05) is 31.6 Å². The Balaban J connectivity index is 1.34. The molecule has 2 aliphatic rings. The van der Waals surface area contributed by atoms with Crippen LogP contribution in [0.5, 0.6) is 5.75 Å². The Hall–Kier alpha value is -2.90. The molecule has 5 rings (SSSR count). The quantitative estimate of drug-likeness (QED) is 0.532. The first-order chi connectivity index (χ1) is 16.2. The molecule has 1 aromatic heterocycles. The number of para-hydroxylation sites is 2. The highest BCUT2D eigenvalue weighted by molar-refractivity contribution is 7.16. The normalized spacial score (nSPS) is 17.5. The summed E-state index contributed by atoms with van der Waals surface area (Å²) in [7, 11) is 0. The van der Waals surface area contributed by atoms with Gasteiger partial charge < -0.3 is 20.3 Å². The Morgan fingerprint density at radius 2 is 1.97 bits per heavy atom. The van der Waals surface area contributed by atoms with Gasteiger partial charge in [0.2, 0.25) is 0 Å². The van der Waals surface area contributed by atoms with Gasteiger partial charge in [-0.2, -0.15) is 0 Å². The fourth-order valence-corrected chi connectivity index (χ4v) is 5.32. The zero-order chi connectivity index (χ0) is 22.6. The van der Waals surface area contributed by atoms with Gasteiger partial charge in [-0.15, -0.1) is 11.3 Å². The average molecular weight is 462 g/mol. The maximum atomic E-state index is 5.57. The van der Waals surface area contributed by atoms with Crippen molar-refractivity contribution in [2.45, 2.75) is 39.2 Å². The third kappa shape index (κ3) is 4.89. The third-order valence-electron chi connectivity index (χ3n) is 6.14. The predicted octanol–water partition coefficient (Wildman–Crippen LogP) is 5.15. The summed E-state index contributed by atoms with van der Waals surface area (Å²) in [5.41, 5.74) is 4.35. The van der Waals surface area contributed by atoms with Gasteiger partial charge in [0.1, 0.15) is 16.4 Å². The van der Waals surface area contributed by atoms with Crippen LogP contribution in [-0.2, 0) is 12.8 Å². The van der Waals surface area contributed by atoms with Gasteiger partial charge in [0, 0.05) is 25.7 Å². The SMILES string of the molecule is CCOc1ccc(CC[C@H]2CN(C3=Nc4ccccc4Nc4sc(CC)nc43)CCN2)cc1. The van der Waals surface area contributed by atoms with Crippen LogP contribution in [0.25, 0.3) is 0 Å². The highest BCUT2D eigenvalue weighted by atomic mass is 32.1. The van der Waals surface area contributed by atoms with Crippen LogP contribution >= 0.6 is 11.3 Å². The van der Waals surface area contributed by atoms with E-state index in [1.54, 1.807) is 11.3 Å². The van der Waals surface area contributed by atoms with Gasteiger partial charge in [0.25, 0.3) is 0 Å². The zero-order valence-electron chi connectivity index (χ0n) is 19.3. The minimum Gasteiger partial charge on any atom is -0.494 e. The molecule has 0 radical (unpaired) electrons. The number of hydrogen-bond acceptors (Lipinski definition) is 7. The van der Waals surface area contributed by atoms with Crippen molar-refractivity contribution in [1.82, 2.24) is 15.2 Å². The van der Waals surface area contributed by atoms with Crippen LogP contribution in [0.3, 0.4) is 0 Å². The van der Waals surface area contributed by atoms with Gasteiger partial charge in [-0.3, -0.25) is 0 Å². The maximum Gasteiger partial charge on any atom is 0.158 e. The number of benzene rings is 2. The number of anilines is 2. The summed E-state index contributed by atoms with van der Waals surface area (Å²) in [5, 5.41) is 9.54. The summed E-state index contributed by atoms with van der Waals surface area (Å²) < 4.78 is 5.57. The Morgan fingerprint density at radius 3 is 2.79 bits per heavy atom. The van der Waals surface area contributed by atoms with Gasteiger partial charge in [0.15, 0.2) is 5.84 Å². The lowest BCUT2D eigenvalue weighted by Crippen LogP contribution is -2.53. The molecular formula is C26H31N5OS. The summed E-state index contributed by atoms with van der Waals surface area (Å²) >= 11 is 1.74. The number of amidine groups is 1. The molecule has 2 aliphatic heterocycles. The molecule has 3 aromatic rings. The Morgan fingerprint density at radius 1 is 1.12 bits per heavy atom. The molecule has 1 atom stereocenters. The number of aliphatic imine (C=N–C) groups is 1. The predicted molar refractivity (Wildman–Crippen MR) is 137 cm³/mol. The van der Waals surface area contributed by atoms with E-state index < -0.39 is 0 Å². The molecule has 172 valence electrons. The second-order valence-electron chi connectivity index (χ2n) is 8.43. The maximum absolute atomic E-state index is 5.57. The van der Waals surface area contributed by atoms with Crippen LogP contribution in [0.1, 0.15) is 36.5 Å². The van der Waals surface area contributed by atoms with Gasteiger partial charge in [0.05, 0.1) is 23.0 Å². The molecule has 1 fully saturated rings. The summed E-state index contributed by atoms with van der Waals surface area (Å²) in [6.07, 6.45) is 3.05. The lowest BCUT2D eigenvalue weighted by atomic mass is 10.0. The number of thiazole rings is 1. The van der Waals surface area contributed by atoms with E-state index in [2.05, 4.69) is 64.9 Å². The fraction of sp³-hybridized carbons (Fsp3) is 0.385. The van der Waals surface area contributed by atoms with Crippen LogP contribution < -0.4 is 15.4 Å². The molecule has 6 nitrogen and oxygen atoms in total. The molecule has 0 bridgehead atoms. The number of fused-ring (bicyclic) bond motifs is 2. The number of ether oxygens (including phenoxy) is 1. The van der Waals surface area contributed by atoms with Crippen LogP contribution in [0.4, 0.5) is 16.4 Å². The molecule has 2 aromatic carbocycles. The van der Waals surface area contributed by atoms with Gasteiger partial charge >= 0.3 is 0 Å². The minimum atomic E-state index is 0.409. The van der Waals surface area contributed by atoms with Gasteiger partial charge in [-0.1, -0.05) is 31.2 Å².